The maximum absolute atomic E-state index is 10.0. The Kier molecular flexibility index (Phi) is 6.40. The molecule has 0 amide bonds. The third-order valence-electron chi connectivity index (χ3n) is 0.793. The summed E-state index contributed by atoms with van der Waals surface area (Å²) in [6.07, 6.45) is 0. The van der Waals surface area contributed by atoms with Crippen molar-refractivity contribution in [3.05, 3.63) is 0 Å². The average Bonchev–Trinajstić information content (AvgIpc) is 1.85. The Bertz CT molecular complexity index is 317. The van der Waals surface area contributed by atoms with Crippen LogP contribution in [0.4, 0.5) is 0 Å². The zero-order chi connectivity index (χ0) is 11.3. The lowest BCUT2D eigenvalue weighted by Crippen LogP contribution is -2.29. The highest BCUT2D eigenvalue weighted by Crippen LogP contribution is 1.77. The van der Waals surface area contributed by atoms with Crippen LogP contribution in [-0.2, 0) is 20.4 Å². The Balaban J connectivity index is 0. The minimum atomic E-state index is -3.41. The van der Waals surface area contributed by atoms with Crippen LogP contribution in [-0.4, -0.2) is 42.3 Å². The van der Waals surface area contributed by atoms with Crippen LogP contribution in [0.25, 0.3) is 0 Å². The van der Waals surface area contributed by atoms with E-state index in [1.54, 1.807) is 0 Å². The van der Waals surface area contributed by atoms with Crippen molar-refractivity contribution in [2.75, 3.05) is 21.1 Å². The molecule has 82 valence electrons. The molecule has 0 unspecified atom stereocenters. The van der Waals surface area contributed by atoms with Crippen molar-refractivity contribution >= 4 is 20.4 Å². The van der Waals surface area contributed by atoms with Crippen LogP contribution in [0.2, 0.25) is 0 Å². The lowest BCUT2D eigenvalue weighted by molar-refractivity contribution is 0.522. The van der Waals surface area contributed by atoms with Gasteiger partial charge in [0.1, 0.15) is 0 Å². The van der Waals surface area contributed by atoms with E-state index in [-0.39, 0.29) is 0 Å². The summed E-state index contributed by atoms with van der Waals surface area (Å²) in [7, 11) is -2.83. The molecule has 0 aliphatic rings. The van der Waals surface area contributed by atoms with Gasteiger partial charge in [0, 0.05) is 21.1 Å². The van der Waals surface area contributed by atoms with Gasteiger partial charge in [0.25, 0.3) is 20.4 Å². The molecular weight excluding hydrogens is 220 g/mol. The van der Waals surface area contributed by atoms with Crippen molar-refractivity contribution < 1.29 is 16.8 Å². The predicted molar refractivity (Wildman–Crippen MR) is 49.0 cm³/mol. The van der Waals surface area contributed by atoms with E-state index in [4.69, 9.17) is 0 Å². The van der Waals surface area contributed by atoms with Crippen molar-refractivity contribution in [1.82, 2.24) is 9.03 Å². The van der Waals surface area contributed by atoms with E-state index in [2.05, 4.69) is 10.3 Å². The van der Waals surface area contributed by atoms with Gasteiger partial charge in [-0.3, -0.25) is 0 Å². The molecule has 13 heavy (non-hydrogen) atoms. The van der Waals surface area contributed by atoms with E-state index in [1.165, 1.54) is 21.1 Å². The van der Waals surface area contributed by atoms with Crippen LogP contribution in [0.3, 0.4) is 0 Å². The van der Waals surface area contributed by atoms with Gasteiger partial charge in [0.05, 0.1) is 0 Å². The Morgan fingerprint density at radius 1 is 1.08 bits per heavy atom. The average molecular weight is 234 g/mol. The lowest BCUT2D eigenvalue weighted by Gasteiger charge is -2.02. The number of nitrogens with two attached hydrogens (primary N) is 2. The molecule has 0 spiro atoms. The first-order valence-electron chi connectivity index (χ1n) is 2.92. The summed E-state index contributed by atoms with van der Waals surface area (Å²) < 4.78 is 42.2. The SMILES string of the molecule is CN(C)S(N)(=O)=O.CNS(N)(=O)=O. The predicted octanol–water partition coefficient (Wildman–Crippen LogP) is -2.84. The highest BCUT2D eigenvalue weighted by atomic mass is 32.2. The Morgan fingerprint density at radius 2 is 1.23 bits per heavy atom. The van der Waals surface area contributed by atoms with Crippen molar-refractivity contribution in [1.29, 1.82) is 0 Å². The van der Waals surface area contributed by atoms with E-state index in [0.717, 1.165) is 4.31 Å². The number of hydrogen-bond donors (Lipinski definition) is 3. The number of nitrogens with one attached hydrogen (secondary N) is 1. The maximum Gasteiger partial charge on any atom is 0.276 e. The molecule has 0 heterocycles. The molecule has 10 heteroatoms. The van der Waals surface area contributed by atoms with E-state index < -0.39 is 20.4 Å². The molecule has 0 aromatic rings. The van der Waals surface area contributed by atoms with Crippen LogP contribution in [0, 0.1) is 0 Å². The molecule has 0 aliphatic heterocycles. The van der Waals surface area contributed by atoms with Crippen LogP contribution in [0.15, 0.2) is 0 Å². The summed E-state index contributed by atoms with van der Waals surface area (Å²) in [5.74, 6) is 0. The minimum Gasteiger partial charge on any atom is -0.216 e. The van der Waals surface area contributed by atoms with E-state index in [0.29, 0.717) is 0 Å². The van der Waals surface area contributed by atoms with Crippen LogP contribution in [0.5, 0.6) is 0 Å². The summed E-state index contributed by atoms with van der Waals surface area (Å²) in [5, 5.41) is 8.97. The summed E-state index contributed by atoms with van der Waals surface area (Å²) in [6, 6.07) is 0. The largest absolute Gasteiger partial charge is 0.276 e. The van der Waals surface area contributed by atoms with Crippen molar-refractivity contribution in [2.45, 2.75) is 0 Å². The smallest absolute Gasteiger partial charge is 0.216 e. The molecule has 0 bridgehead atoms. The maximum atomic E-state index is 10.0. The Morgan fingerprint density at radius 3 is 1.23 bits per heavy atom. The first-order chi connectivity index (χ1) is 5.50. The first-order valence-corrected chi connectivity index (χ1v) is 5.97. The first kappa shape index (κ1) is 15.2. The third kappa shape index (κ3) is 14.6. The van der Waals surface area contributed by atoms with Crippen molar-refractivity contribution in [3.63, 3.8) is 0 Å². The standard InChI is InChI=1S/C2H8N2O2S.CH6N2O2S/c1-4(2)7(3,5)6;1-3-6(2,4)5/h1-2H3,(H2,3,5,6);3H,1H3,(H2,2,4,5). The van der Waals surface area contributed by atoms with Crippen molar-refractivity contribution in [2.24, 2.45) is 10.3 Å². The number of hydrogen-bond acceptors (Lipinski definition) is 4. The molecule has 0 aromatic carbocycles. The summed E-state index contributed by atoms with van der Waals surface area (Å²) in [5.41, 5.74) is 0. The summed E-state index contributed by atoms with van der Waals surface area (Å²) in [6.45, 7) is 0. The molecule has 0 aromatic heterocycles. The number of nitrogens with zero attached hydrogens (tertiary/aromatic N) is 1. The van der Waals surface area contributed by atoms with Gasteiger partial charge < -0.3 is 0 Å². The van der Waals surface area contributed by atoms with Crippen molar-refractivity contribution in [3.8, 4) is 0 Å². The normalized spacial score (nSPS) is 12.2. The summed E-state index contributed by atoms with van der Waals surface area (Å²) in [4.78, 5) is 0. The highest BCUT2D eigenvalue weighted by molar-refractivity contribution is 7.87. The molecule has 0 radical (unpaired) electrons. The Hall–Kier alpha value is -0.260. The molecule has 5 N–H and O–H groups in total. The van der Waals surface area contributed by atoms with Crippen LogP contribution >= 0.6 is 0 Å². The molecule has 0 fully saturated rings. The quantitative estimate of drug-likeness (QED) is 0.474. The molecule has 0 atom stereocenters. The molecular formula is C3H14N4O4S2. The summed E-state index contributed by atoms with van der Waals surface area (Å²) >= 11 is 0. The van der Waals surface area contributed by atoms with Crippen LogP contribution < -0.4 is 15.0 Å². The second kappa shape index (κ2) is 5.47. The number of rotatable bonds is 2. The molecule has 0 saturated carbocycles. The zero-order valence-corrected chi connectivity index (χ0v) is 9.18. The van der Waals surface area contributed by atoms with Gasteiger partial charge >= 0.3 is 0 Å². The van der Waals surface area contributed by atoms with Gasteiger partial charge in [0.2, 0.25) is 0 Å². The fourth-order valence-electron chi connectivity index (χ4n) is 0. The fraction of sp³-hybridized carbons (Fsp3) is 1.00. The van der Waals surface area contributed by atoms with Gasteiger partial charge in [0.15, 0.2) is 0 Å². The van der Waals surface area contributed by atoms with Gasteiger partial charge in [-0.25, -0.2) is 15.0 Å². The molecule has 8 nitrogen and oxygen atoms in total. The fourth-order valence-corrected chi connectivity index (χ4v) is 0. The third-order valence-corrected chi connectivity index (χ3v) is 2.38. The van der Waals surface area contributed by atoms with E-state index in [1.807, 2.05) is 4.72 Å². The second-order valence-electron chi connectivity index (χ2n) is 2.08. The van der Waals surface area contributed by atoms with Gasteiger partial charge in [-0.1, -0.05) is 0 Å². The van der Waals surface area contributed by atoms with E-state index >= 15 is 0 Å². The van der Waals surface area contributed by atoms with Gasteiger partial charge in [-0.15, -0.1) is 0 Å². The molecule has 0 aliphatic carbocycles. The van der Waals surface area contributed by atoms with Crippen LogP contribution in [0.1, 0.15) is 0 Å². The topological polar surface area (TPSA) is 136 Å². The van der Waals surface area contributed by atoms with Gasteiger partial charge in [-0.2, -0.15) is 21.1 Å². The minimum absolute atomic E-state index is 0.938. The van der Waals surface area contributed by atoms with Gasteiger partial charge in [-0.05, 0) is 0 Å². The lowest BCUT2D eigenvalue weighted by atomic mass is 11.3. The van der Waals surface area contributed by atoms with E-state index in [9.17, 15) is 16.8 Å². The highest BCUT2D eigenvalue weighted by Gasteiger charge is 2.01. The molecule has 0 saturated heterocycles. The molecule has 0 rings (SSSR count). The Labute approximate surface area is 78.3 Å². The zero-order valence-electron chi connectivity index (χ0n) is 7.55. The second-order valence-corrected chi connectivity index (χ2v) is 5.33. The monoisotopic (exact) mass is 234 g/mol.